The molecule has 0 saturated carbocycles. The quantitative estimate of drug-likeness (QED) is 0.643. The van der Waals surface area contributed by atoms with Gasteiger partial charge in [0.25, 0.3) is 0 Å². The highest BCUT2D eigenvalue weighted by atomic mass is 16.5. The fourth-order valence-electron chi connectivity index (χ4n) is 1.39. The van der Waals surface area contributed by atoms with Gasteiger partial charge in [-0.2, -0.15) is 0 Å². The molecule has 68 valence electrons. The van der Waals surface area contributed by atoms with Gasteiger partial charge in [-0.05, 0) is 0 Å². The second kappa shape index (κ2) is 3.28. The first-order valence-corrected chi connectivity index (χ1v) is 4.29. The molecule has 0 bridgehead atoms. The maximum absolute atomic E-state index is 5.36. The molecule has 2 rings (SSSR count). The molecule has 0 spiro atoms. The molecule has 2 nitrogen and oxygen atoms in total. The summed E-state index contributed by atoms with van der Waals surface area (Å²) in [6.07, 6.45) is 9.54. The summed E-state index contributed by atoms with van der Waals surface area (Å²) in [7, 11) is 0. The van der Waals surface area contributed by atoms with Crippen molar-refractivity contribution < 1.29 is 9.47 Å². The minimum atomic E-state index is -0.188. The normalized spacial score (nSPS) is 24.8. The monoisotopic (exact) mass is 176 g/mol. The van der Waals surface area contributed by atoms with E-state index in [0.29, 0.717) is 0 Å². The third-order valence-corrected chi connectivity index (χ3v) is 2.27. The van der Waals surface area contributed by atoms with E-state index in [4.69, 9.17) is 9.47 Å². The van der Waals surface area contributed by atoms with E-state index in [2.05, 4.69) is 13.8 Å². The predicted molar refractivity (Wildman–Crippen MR) is 49.3 cm³/mol. The SMILES string of the molecule is CC(C)([C]1C=C[CH]O1)[C]1C=C[CH]O1. The predicted octanol–water partition coefficient (Wildman–Crippen LogP) is 2.57. The van der Waals surface area contributed by atoms with Crippen LogP contribution in [0, 0.1) is 30.8 Å². The van der Waals surface area contributed by atoms with Gasteiger partial charge in [-0.25, -0.2) is 0 Å². The van der Waals surface area contributed by atoms with E-state index in [1.807, 2.05) is 24.3 Å². The average Bonchev–Trinajstić information content (AvgIpc) is 2.78. The van der Waals surface area contributed by atoms with Crippen LogP contribution in [0.3, 0.4) is 0 Å². The van der Waals surface area contributed by atoms with E-state index in [1.54, 1.807) is 13.2 Å². The molecule has 0 unspecified atom stereocenters. The Kier molecular flexibility index (Phi) is 2.26. The standard InChI is InChI=1S/C11H12O2/c1-11(2,9-5-3-7-12-9)10-6-4-8-13-10/h3-8H,1-2H3. The lowest BCUT2D eigenvalue weighted by molar-refractivity contribution is 0.0993. The number of hydrogen-bond donors (Lipinski definition) is 0. The first-order valence-electron chi connectivity index (χ1n) is 4.29. The number of ether oxygens (including phenoxy) is 2. The topological polar surface area (TPSA) is 18.5 Å². The fourth-order valence-corrected chi connectivity index (χ4v) is 1.39. The summed E-state index contributed by atoms with van der Waals surface area (Å²) in [5, 5.41) is 0. The molecule has 0 N–H and O–H groups in total. The van der Waals surface area contributed by atoms with Crippen LogP contribution in [0.5, 0.6) is 0 Å². The molecular formula is C11H12O2. The molecule has 2 heteroatoms. The van der Waals surface area contributed by atoms with Gasteiger partial charge in [0.1, 0.15) is 25.4 Å². The number of rotatable bonds is 2. The van der Waals surface area contributed by atoms with Crippen molar-refractivity contribution in [3.63, 3.8) is 0 Å². The van der Waals surface area contributed by atoms with Crippen LogP contribution in [0.1, 0.15) is 13.8 Å². The van der Waals surface area contributed by atoms with Gasteiger partial charge in [0.05, 0.1) is 0 Å². The summed E-state index contributed by atoms with van der Waals surface area (Å²) in [6.45, 7) is 7.51. The van der Waals surface area contributed by atoms with Crippen LogP contribution in [0.25, 0.3) is 0 Å². The van der Waals surface area contributed by atoms with Crippen molar-refractivity contribution >= 4 is 0 Å². The lowest BCUT2D eigenvalue weighted by atomic mass is 9.81. The first-order chi connectivity index (χ1) is 6.21. The zero-order valence-corrected chi connectivity index (χ0v) is 7.78. The van der Waals surface area contributed by atoms with Crippen molar-refractivity contribution in [3.8, 4) is 0 Å². The molecule has 0 fully saturated rings. The van der Waals surface area contributed by atoms with E-state index in [1.165, 1.54) is 0 Å². The minimum absolute atomic E-state index is 0.188. The fraction of sp³-hybridized carbons (Fsp3) is 0.273. The van der Waals surface area contributed by atoms with Crippen LogP contribution in [-0.4, -0.2) is 0 Å². The van der Waals surface area contributed by atoms with Crippen molar-refractivity contribution in [1.82, 2.24) is 0 Å². The number of hydrogen-bond acceptors (Lipinski definition) is 2. The highest BCUT2D eigenvalue weighted by Crippen LogP contribution is 2.45. The molecule has 13 heavy (non-hydrogen) atoms. The van der Waals surface area contributed by atoms with E-state index in [9.17, 15) is 0 Å². The van der Waals surface area contributed by atoms with Crippen LogP contribution in [0.4, 0.5) is 0 Å². The van der Waals surface area contributed by atoms with Gasteiger partial charge in [0.2, 0.25) is 0 Å². The Labute approximate surface area is 79.2 Å². The first kappa shape index (κ1) is 8.97. The maximum Gasteiger partial charge on any atom is 0.129 e. The molecule has 4 radical (unpaired) electrons. The molecule has 0 amide bonds. The van der Waals surface area contributed by atoms with E-state index < -0.39 is 0 Å². The molecule has 0 aliphatic carbocycles. The molecule has 0 aromatic rings. The van der Waals surface area contributed by atoms with Crippen LogP contribution in [0.2, 0.25) is 0 Å². The third kappa shape index (κ3) is 1.56. The Morgan fingerprint density at radius 2 is 1.38 bits per heavy atom. The zero-order valence-electron chi connectivity index (χ0n) is 7.78. The lowest BCUT2D eigenvalue weighted by Crippen LogP contribution is -2.27. The largest absolute Gasteiger partial charge is 0.356 e. The molecular weight excluding hydrogens is 164 g/mol. The van der Waals surface area contributed by atoms with Crippen LogP contribution in [-0.2, 0) is 9.47 Å². The van der Waals surface area contributed by atoms with Gasteiger partial charge in [-0.3, -0.25) is 0 Å². The Morgan fingerprint density at radius 3 is 1.69 bits per heavy atom. The summed E-state index contributed by atoms with van der Waals surface area (Å²) >= 11 is 0. The van der Waals surface area contributed by atoms with Gasteiger partial charge in [0, 0.05) is 5.41 Å². The smallest absolute Gasteiger partial charge is 0.129 e. The Bertz CT molecular complexity index is 216. The molecule has 2 aliphatic rings. The van der Waals surface area contributed by atoms with Crippen LogP contribution < -0.4 is 0 Å². The molecule has 0 aromatic carbocycles. The van der Waals surface area contributed by atoms with Crippen molar-refractivity contribution in [2.45, 2.75) is 13.8 Å². The molecule has 2 heterocycles. The molecule has 0 saturated heterocycles. The lowest BCUT2D eigenvalue weighted by Gasteiger charge is -2.32. The summed E-state index contributed by atoms with van der Waals surface area (Å²) in [4.78, 5) is 0. The van der Waals surface area contributed by atoms with E-state index in [-0.39, 0.29) is 5.41 Å². The third-order valence-electron chi connectivity index (χ3n) is 2.27. The van der Waals surface area contributed by atoms with Gasteiger partial charge >= 0.3 is 0 Å². The summed E-state index contributed by atoms with van der Waals surface area (Å²) in [6, 6.07) is 0. The van der Waals surface area contributed by atoms with Crippen LogP contribution >= 0.6 is 0 Å². The highest BCUT2D eigenvalue weighted by Gasteiger charge is 2.40. The van der Waals surface area contributed by atoms with Gasteiger partial charge in [-0.1, -0.05) is 38.2 Å². The average molecular weight is 176 g/mol. The van der Waals surface area contributed by atoms with Crippen molar-refractivity contribution in [3.05, 3.63) is 49.7 Å². The van der Waals surface area contributed by atoms with Crippen molar-refractivity contribution in [1.29, 1.82) is 0 Å². The minimum Gasteiger partial charge on any atom is -0.356 e. The molecule has 0 atom stereocenters. The van der Waals surface area contributed by atoms with Gasteiger partial charge in [0.15, 0.2) is 0 Å². The zero-order chi connectivity index (χ0) is 9.31. The summed E-state index contributed by atoms with van der Waals surface area (Å²) < 4.78 is 10.7. The summed E-state index contributed by atoms with van der Waals surface area (Å²) in [5.74, 6) is 0. The van der Waals surface area contributed by atoms with E-state index >= 15 is 0 Å². The van der Waals surface area contributed by atoms with Gasteiger partial charge < -0.3 is 9.47 Å². The van der Waals surface area contributed by atoms with E-state index in [0.717, 1.165) is 12.2 Å². The Hall–Kier alpha value is -0.600. The van der Waals surface area contributed by atoms with Crippen molar-refractivity contribution in [2.75, 3.05) is 0 Å². The van der Waals surface area contributed by atoms with Crippen molar-refractivity contribution in [2.24, 2.45) is 5.41 Å². The second-order valence-corrected chi connectivity index (χ2v) is 3.58. The van der Waals surface area contributed by atoms with Crippen LogP contribution in [0.15, 0.2) is 24.3 Å². The maximum atomic E-state index is 5.36. The second-order valence-electron chi connectivity index (χ2n) is 3.58. The van der Waals surface area contributed by atoms with Gasteiger partial charge in [-0.15, -0.1) is 0 Å². The Morgan fingerprint density at radius 1 is 0.923 bits per heavy atom. The molecule has 2 aliphatic heterocycles. The molecule has 0 aromatic heterocycles. The summed E-state index contributed by atoms with van der Waals surface area (Å²) in [5.41, 5.74) is -0.188. The Balaban J connectivity index is 2.09. The highest BCUT2D eigenvalue weighted by molar-refractivity contribution is 5.30.